The van der Waals surface area contributed by atoms with E-state index in [-0.39, 0.29) is 36.8 Å². The molecule has 26 heavy (non-hydrogen) atoms. The molecule has 1 aromatic rings. The van der Waals surface area contributed by atoms with Crippen LogP contribution in [0.3, 0.4) is 0 Å². The first-order valence-electron chi connectivity index (χ1n) is 9.12. The molecule has 2 atom stereocenters. The van der Waals surface area contributed by atoms with Crippen LogP contribution in [0.15, 0.2) is 24.3 Å². The SMILES string of the molecule is CC(CC(=O)NC1CCN(c2cccc(Cl)c2)C1)C1CCNCC1.Cl.Cl. The van der Waals surface area contributed by atoms with E-state index in [1.165, 1.54) is 12.8 Å². The van der Waals surface area contributed by atoms with Crippen molar-refractivity contribution in [2.75, 3.05) is 31.1 Å². The van der Waals surface area contributed by atoms with Crippen LogP contribution in [0.1, 0.15) is 32.6 Å². The maximum Gasteiger partial charge on any atom is 0.220 e. The van der Waals surface area contributed by atoms with Gasteiger partial charge in [-0.05, 0) is 62.4 Å². The molecule has 2 aliphatic rings. The van der Waals surface area contributed by atoms with E-state index in [1.807, 2.05) is 18.2 Å². The number of carbonyl (C=O) groups is 1. The normalized spacial score (nSPS) is 21.5. The highest BCUT2D eigenvalue weighted by atomic mass is 35.5. The minimum absolute atomic E-state index is 0. The molecule has 0 saturated carbocycles. The zero-order valence-electron chi connectivity index (χ0n) is 15.2. The van der Waals surface area contributed by atoms with Gasteiger partial charge in [-0.25, -0.2) is 0 Å². The Kier molecular flexibility index (Phi) is 10.1. The van der Waals surface area contributed by atoms with Crippen LogP contribution in [-0.4, -0.2) is 38.1 Å². The Hall–Kier alpha value is -0.680. The second-order valence-corrected chi connectivity index (χ2v) is 7.68. The molecule has 2 N–H and O–H groups in total. The highest BCUT2D eigenvalue weighted by molar-refractivity contribution is 6.30. The summed E-state index contributed by atoms with van der Waals surface area (Å²) in [5, 5.41) is 7.38. The molecule has 2 aliphatic heterocycles. The van der Waals surface area contributed by atoms with Crippen LogP contribution in [0.2, 0.25) is 5.02 Å². The van der Waals surface area contributed by atoms with Crippen molar-refractivity contribution in [2.24, 2.45) is 11.8 Å². The Labute approximate surface area is 174 Å². The Bertz CT molecular complexity index is 567. The first-order chi connectivity index (χ1) is 11.6. The zero-order chi connectivity index (χ0) is 16.9. The number of nitrogens with zero attached hydrogens (tertiary/aromatic N) is 1. The molecule has 1 aromatic carbocycles. The van der Waals surface area contributed by atoms with Crippen molar-refractivity contribution in [3.05, 3.63) is 29.3 Å². The smallest absolute Gasteiger partial charge is 0.220 e. The summed E-state index contributed by atoms with van der Waals surface area (Å²) in [6, 6.07) is 8.18. The lowest BCUT2D eigenvalue weighted by atomic mass is 9.84. The van der Waals surface area contributed by atoms with Crippen molar-refractivity contribution in [1.82, 2.24) is 10.6 Å². The van der Waals surface area contributed by atoms with Crippen LogP contribution < -0.4 is 15.5 Å². The molecule has 2 fully saturated rings. The van der Waals surface area contributed by atoms with Crippen molar-refractivity contribution < 1.29 is 4.79 Å². The van der Waals surface area contributed by atoms with Gasteiger partial charge in [0.05, 0.1) is 0 Å². The number of nitrogens with one attached hydrogen (secondary N) is 2. The summed E-state index contributed by atoms with van der Waals surface area (Å²) < 4.78 is 0. The van der Waals surface area contributed by atoms with Crippen molar-refractivity contribution in [2.45, 2.75) is 38.6 Å². The average molecular weight is 423 g/mol. The molecule has 7 heteroatoms. The van der Waals surface area contributed by atoms with Gasteiger partial charge in [-0.1, -0.05) is 24.6 Å². The summed E-state index contributed by atoms with van der Waals surface area (Å²) in [7, 11) is 0. The fourth-order valence-electron chi connectivity index (χ4n) is 3.94. The Balaban J connectivity index is 0.00000169. The number of amides is 1. The number of halogens is 3. The quantitative estimate of drug-likeness (QED) is 0.756. The minimum Gasteiger partial charge on any atom is -0.369 e. The third-order valence-corrected chi connectivity index (χ3v) is 5.66. The molecule has 0 aliphatic carbocycles. The molecule has 0 spiro atoms. The van der Waals surface area contributed by atoms with E-state index in [1.54, 1.807) is 0 Å². The van der Waals surface area contributed by atoms with Crippen LogP contribution in [-0.2, 0) is 4.79 Å². The minimum atomic E-state index is 0. The van der Waals surface area contributed by atoms with Crippen molar-refractivity contribution in [3.8, 4) is 0 Å². The molecule has 0 bridgehead atoms. The molecule has 148 valence electrons. The molecule has 0 aromatic heterocycles. The molecule has 2 unspecified atom stereocenters. The van der Waals surface area contributed by atoms with E-state index >= 15 is 0 Å². The van der Waals surface area contributed by atoms with Crippen molar-refractivity contribution in [1.29, 1.82) is 0 Å². The molecule has 4 nitrogen and oxygen atoms in total. The van der Waals surface area contributed by atoms with Gasteiger partial charge in [0, 0.05) is 36.3 Å². The maximum absolute atomic E-state index is 12.4. The predicted octanol–water partition coefficient (Wildman–Crippen LogP) is 3.90. The third kappa shape index (κ3) is 6.49. The zero-order valence-corrected chi connectivity index (χ0v) is 17.6. The van der Waals surface area contributed by atoms with E-state index in [4.69, 9.17) is 11.6 Å². The van der Waals surface area contributed by atoms with Gasteiger partial charge in [-0.3, -0.25) is 4.79 Å². The molecule has 0 radical (unpaired) electrons. The first-order valence-corrected chi connectivity index (χ1v) is 9.50. The van der Waals surface area contributed by atoms with Gasteiger partial charge in [0.25, 0.3) is 0 Å². The second-order valence-electron chi connectivity index (χ2n) is 7.25. The number of rotatable bonds is 5. The Morgan fingerprint density at radius 2 is 2.04 bits per heavy atom. The van der Waals surface area contributed by atoms with Crippen LogP contribution in [0, 0.1) is 11.8 Å². The average Bonchev–Trinajstić information content (AvgIpc) is 3.04. The van der Waals surface area contributed by atoms with Crippen LogP contribution in [0.5, 0.6) is 0 Å². The van der Waals surface area contributed by atoms with Gasteiger partial charge >= 0.3 is 0 Å². The predicted molar refractivity (Wildman–Crippen MR) is 114 cm³/mol. The standard InChI is InChI=1S/C19H28ClN3O.2ClH/c1-14(15-5-8-21-9-6-15)11-19(24)22-17-7-10-23(13-17)18-4-2-3-16(20)12-18;;/h2-4,12,14-15,17,21H,5-11,13H2,1H3,(H,22,24);2*1H. The van der Waals surface area contributed by atoms with Gasteiger partial charge in [0.15, 0.2) is 0 Å². The molecule has 2 heterocycles. The van der Waals surface area contributed by atoms with Crippen LogP contribution in [0.4, 0.5) is 5.69 Å². The largest absolute Gasteiger partial charge is 0.369 e. The lowest BCUT2D eigenvalue weighted by molar-refractivity contribution is -0.122. The molecule has 1 amide bonds. The lowest BCUT2D eigenvalue weighted by Crippen LogP contribution is -2.39. The summed E-state index contributed by atoms with van der Waals surface area (Å²) in [5.74, 6) is 1.36. The highest BCUT2D eigenvalue weighted by Crippen LogP contribution is 2.25. The first kappa shape index (κ1) is 23.4. The van der Waals surface area contributed by atoms with Gasteiger partial charge in [-0.2, -0.15) is 0 Å². The number of piperidine rings is 1. The summed E-state index contributed by atoms with van der Waals surface area (Å²) in [5.41, 5.74) is 1.14. The van der Waals surface area contributed by atoms with E-state index in [2.05, 4.69) is 28.5 Å². The maximum atomic E-state index is 12.4. The van der Waals surface area contributed by atoms with E-state index in [0.717, 1.165) is 43.3 Å². The van der Waals surface area contributed by atoms with Gasteiger partial charge in [-0.15, -0.1) is 24.8 Å². The van der Waals surface area contributed by atoms with Gasteiger partial charge in [0.1, 0.15) is 0 Å². The monoisotopic (exact) mass is 421 g/mol. The fraction of sp³-hybridized carbons (Fsp3) is 0.632. The van der Waals surface area contributed by atoms with Gasteiger partial charge < -0.3 is 15.5 Å². The molecular weight excluding hydrogens is 393 g/mol. The number of hydrogen-bond donors (Lipinski definition) is 2. The van der Waals surface area contributed by atoms with Crippen molar-refractivity contribution in [3.63, 3.8) is 0 Å². The van der Waals surface area contributed by atoms with E-state index < -0.39 is 0 Å². The molecular formula is C19H30Cl3N3O. The number of hydrogen-bond acceptors (Lipinski definition) is 3. The summed E-state index contributed by atoms with van der Waals surface area (Å²) in [6.07, 6.45) is 4.04. The third-order valence-electron chi connectivity index (χ3n) is 5.42. The second kappa shape index (κ2) is 11.2. The van der Waals surface area contributed by atoms with Crippen molar-refractivity contribution >= 4 is 48.0 Å². The molecule has 2 saturated heterocycles. The van der Waals surface area contributed by atoms with E-state index in [0.29, 0.717) is 18.3 Å². The van der Waals surface area contributed by atoms with Gasteiger partial charge in [0.2, 0.25) is 5.91 Å². The summed E-state index contributed by atoms with van der Waals surface area (Å²) in [4.78, 5) is 14.7. The van der Waals surface area contributed by atoms with Crippen LogP contribution >= 0.6 is 36.4 Å². The summed E-state index contributed by atoms with van der Waals surface area (Å²) >= 11 is 6.07. The topological polar surface area (TPSA) is 44.4 Å². The number of carbonyl (C=O) groups excluding carboxylic acids is 1. The highest BCUT2D eigenvalue weighted by Gasteiger charge is 2.26. The molecule has 3 rings (SSSR count). The number of benzene rings is 1. The fourth-order valence-corrected chi connectivity index (χ4v) is 4.13. The van der Waals surface area contributed by atoms with Crippen LogP contribution in [0.25, 0.3) is 0 Å². The summed E-state index contributed by atoms with van der Waals surface area (Å²) in [6.45, 7) is 6.24. The Morgan fingerprint density at radius 1 is 1.31 bits per heavy atom. The van der Waals surface area contributed by atoms with E-state index in [9.17, 15) is 4.79 Å². The lowest BCUT2D eigenvalue weighted by Gasteiger charge is -2.28. The number of anilines is 1. The Morgan fingerprint density at radius 3 is 2.73 bits per heavy atom.